The lowest BCUT2D eigenvalue weighted by molar-refractivity contribution is 0.100. The molecule has 0 saturated heterocycles. The standard InChI is InChI=1S/C19H26FN7O2/c20-13-9-12(17(22)29)18(25-11-5-6-16(24-10-11)23-7-8-28)27-19(13)26-15-4-2-1-3-14(15)21/h5-6,9-10,14-15,28H,1-4,7-8,21H2,(H2,22,29)(H,23,24)(H2,25,26,27)/t14-,15?/m0/s1. The largest absolute Gasteiger partial charge is 0.395 e. The topological polar surface area (TPSA) is 151 Å². The van der Waals surface area contributed by atoms with Gasteiger partial charge in [0.15, 0.2) is 11.6 Å². The first-order valence-corrected chi connectivity index (χ1v) is 9.58. The first-order valence-electron chi connectivity index (χ1n) is 9.58. The van der Waals surface area contributed by atoms with Crippen LogP contribution in [0, 0.1) is 5.82 Å². The predicted octanol–water partition coefficient (Wildman–Crippen LogP) is 1.54. The van der Waals surface area contributed by atoms with E-state index in [4.69, 9.17) is 16.6 Å². The molecule has 2 aromatic heterocycles. The summed E-state index contributed by atoms with van der Waals surface area (Å²) in [6.07, 6.45) is 5.29. The molecule has 1 aliphatic carbocycles. The normalized spacial score (nSPS) is 18.9. The molecule has 29 heavy (non-hydrogen) atoms. The number of amides is 1. The van der Waals surface area contributed by atoms with Crippen LogP contribution in [-0.2, 0) is 0 Å². The molecule has 0 spiro atoms. The van der Waals surface area contributed by atoms with E-state index in [9.17, 15) is 9.18 Å². The lowest BCUT2D eigenvalue weighted by Crippen LogP contribution is -2.43. The number of anilines is 4. The number of aliphatic hydroxyl groups is 1. The van der Waals surface area contributed by atoms with E-state index in [1.807, 2.05) is 0 Å². The van der Waals surface area contributed by atoms with Gasteiger partial charge in [-0.3, -0.25) is 4.79 Å². The molecule has 1 saturated carbocycles. The average molecular weight is 403 g/mol. The van der Waals surface area contributed by atoms with E-state index >= 15 is 0 Å². The van der Waals surface area contributed by atoms with Crippen molar-refractivity contribution in [2.45, 2.75) is 37.8 Å². The summed E-state index contributed by atoms with van der Waals surface area (Å²) in [5, 5.41) is 17.8. The minimum Gasteiger partial charge on any atom is -0.395 e. The highest BCUT2D eigenvalue weighted by atomic mass is 19.1. The maximum Gasteiger partial charge on any atom is 0.252 e. The van der Waals surface area contributed by atoms with Crippen LogP contribution in [0.15, 0.2) is 24.4 Å². The highest BCUT2D eigenvalue weighted by molar-refractivity contribution is 5.98. The van der Waals surface area contributed by atoms with Gasteiger partial charge in [0.1, 0.15) is 11.6 Å². The van der Waals surface area contributed by atoms with Crippen LogP contribution in [0.2, 0.25) is 0 Å². The second kappa shape index (κ2) is 9.48. The van der Waals surface area contributed by atoms with Crippen molar-refractivity contribution in [2.24, 2.45) is 11.5 Å². The molecule has 2 atom stereocenters. The minimum absolute atomic E-state index is 0.0103. The molecule has 8 N–H and O–H groups in total. The Morgan fingerprint density at radius 1 is 1.28 bits per heavy atom. The van der Waals surface area contributed by atoms with Crippen molar-refractivity contribution in [3.8, 4) is 0 Å². The van der Waals surface area contributed by atoms with Crippen LogP contribution in [0.25, 0.3) is 0 Å². The fourth-order valence-corrected chi connectivity index (χ4v) is 3.28. The molecule has 9 nitrogen and oxygen atoms in total. The Balaban J connectivity index is 1.83. The van der Waals surface area contributed by atoms with Gasteiger partial charge in [0.25, 0.3) is 5.91 Å². The number of pyridine rings is 2. The van der Waals surface area contributed by atoms with Crippen molar-refractivity contribution in [3.63, 3.8) is 0 Å². The van der Waals surface area contributed by atoms with E-state index in [-0.39, 0.29) is 35.9 Å². The lowest BCUT2D eigenvalue weighted by atomic mass is 9.91. The van der Waals surface area contributed by atoms with Crippen LogP contribution in [0.3, 0.4) is 0 Å². The van der Waals surface area contributed by atoms with E-state index in [2.05, 4.69) is 25.9 Å². The van der Waals surface area contributed by atoms with Crippen LogP contribution in [0.1, 0.15) is 36.0 Å². The Morgan fingerprint density at radius 3 is 2.72 bits per heavy atom. The molecular formula is C19H26FN7O2. The zero-order chi connectivity index (χ0) is 20.8. The van der Waals surface area contributed by atoms with Gasteiger partial charge in [-0.15, -0.1) is 0 Å². The van der Waals surface area contributed by atoms with Crippen molar-refractivity contribution in [3.05, 3.63) is 35.8 Å². The lowest BCUT2D eigenvalue weighted by Gasteiger charge is -2.30. The number of nitrogens with two attached hydrogens (primary N) is 2. The monoisotopic (exact) mass is 403 g/mol. The Bertz CT molecular complexity index is 847. The van der Waals surface area contributed by atoms with E-state index < -0.39 is 11.7 Å². The number of aliphatic hydroxyl groups excluding tert-OH is 1. The highest BCUT2D eigenvalue weighted by Crippen LogP contribution is 2.26. The third-order valence-corrected chi connectivity index (χ3v) is 4.83. The SMILES string of the molecule is NC(=O)c1cc(F)c(NC2CCCC[C@@H]2N)nc1Nc1ccc(NCCO)nc1. The Kier molecular flexibility index (Phi) is 6.78. The second-order valence-corrected chi connectivity index (χ2v) is 6.99. The zero-order valence-electron chi connectivity index (χ0n) is 16.0. The molecule has 2 heterocycles. The van der Waals surface area contributed by atoms with Gasteiger partial charge in [-0.1, -0.05) is 12.8 Å². The second-order valence-electron chi connectivity index (χ2n) is 6.99. The summed E-state index contributed by atoms with van der Waals surface area (Å²) in [6.45, 7) is 0.368. The predicted molar refractivity (Wildman–Crippen MR) is 110 cm³/mol. The Labute approximate surface area is 168 Å². The number of carbonyl (C=O) groups is 1. The van der Waals surface area contributed by atoms with Gasteiger partial charge in [0.05, 0.1) is 24.1 Å². The van der Waals surface area contributed by atoms with Crippen molar-refractivity contribution in [1.82, 2.24) is 9.97 Å². The quantitative estimate of drug-likeness (QED) is 0.388. The molecule has 3 rings (SSSR count). The molecule has 1 unspecified atom stereocenters. The molecule has 2 aromatic rings. The van der Waals surface area contributed by atoms with Gasteiger partial charge in [0.2, 0.25) is 0 Å². The van der Waals surface area contributed by atoms with E-state index in [0.29, 0.717) is 18.1 Å². The maximum atomic E-state index is 14.5. The van der Waals surface area contributed by atoms with Crippen molar-refractivity contribution in [2.75, 3.05) is 29.1 Å². The fourth-order valence-electron chi connectivity index (χ4n) is 3.28. The number of primary amides is 1. The van der Waals surface area contributed by atoms with Gasteiger partial charge >= 0.3 is 0 Å². The molecule has 1 aliphatic rings. The first kappa shape index (κ1) is 20.7. The number of rotatable bonds is 8. The molecule has 0 aromatic carbocycles. The van der Waals surface area contributed by atoms with Crippen LogP contribution < -0.4 is 27.4 Å². The summed E-state index contributed by atoms with van der Waals surface area (Å²) in [4.78, 5) is 20.2. The summed E-state index contributed by atoms with van der Waals surface area (Å²) in [7, 11) is 0. The van der Waals surface area contributed by atoms with Crippen LogP contribution in [0.5, 0.6) is 0 Å². The number of nitrogens with one attached hydrogen (secondary N) is 3. The van der Waals surface area contributed by atoms with Crippen LogP contribution >= 0.6 is 0 Å². The number of hydrogen-bond donors (Lipinski definition) is 6. The van der Waals surface area contributed by atoms with Crippen molar-refractivity contribution >= 4 is 29.0 Å². The molecule has 0 aliphatic heterocycles. The summed E-state index contributed by atoms with van der Waals surface area (Å²) in [6, 6.07) is 4.31. The molecule has 0 bridgehead atoms. The molecule has 156 valence electrons. The highest BCUT2D eigenvalue weighted by Gasteiger charge is 2.24. The van der Waals surface area contributed by atoms with Gasteiger partial charge < -0.3 is 32.5 Å². The Hall–Kier alpha value is -2.98. The molecule has 10 heteroatoms. The smallest absolute Gasteiger partial charge is 0.252 e. The van der Waals surface area contributed by atoms with Crippen molar-refractivity contribution in [1.29, 1.82) is 0 Å². The van der Waals surface area contributed by atoms with Gasteiger partial charge in [0, 0.05) is 18.6 Å². The van der Waals surface area contributed by atoms with Gasteiger partial charge in [-0.05, 0) is 31.0 Å². The maximum absolute atomic E-state index is 14.5. The van der Waals surface area contributed by atoms with Gasteiger partial charge in [-0.2, -0.15) is 0 Å². The van der Waals surface area contributed by atoms with Crippen LogP contribution in [0.4, 0.5) is 27.5 Å². The van der Waals surface area contributed by atoms with Crippen LogP contribution in [-0.4, -0.2) is 46.2 Å². The molecule has 1 fully saturated rings. The van der Waals surface area contributed by atoms with E-state index in [1.165, 1.54) is 6.20 Å². The number of aromatic nitrogens is 2. The van der Waals surface area contributed by atoms with Crippen molar-refractivity contribution < 1.29 is 14.3 Å². The first-order chi connectivity index (χ1) is 14.0. The third kappa shape index (κ3) is 5.30. The fraction of sp³-hybridized carbons (Fsp3) is 0.421. The summed E-state index contributed by atoms with van der Waals surface area (Å²) < 4.78 is 14.5. The minimum atomic E-state index is -0.797. The van der Waals surface area contributed by atoms with E-state index in [1.54, 1.807) is 12.1 Å². The molecule has 0 radical (unpaired) electrons. The summed E-state index contributed by atoms with van der Waals surface area (Å²) in [5.74, 6) is -0.726. The zero-order valence-corrected chi connectivity index (χ0v) is 16.0. The molecular weight excluding hydrogens is 377 g/mol. The average Bonchev–Trinajstić information content (AvgIpc) is 2.71. The summed E-state index contributed by atoms with van der Waals surface area (Å²) >= 11 is 0. The summed E-state index contributed by atoms with van der Waals surface area (Å²) in [5.41, 5.74) is 12.0. The van der Waals surface area contributed by atoms with E-state index in [0.717, 1.165) is 31.7 Å². The number of halogens is 1. The number of hydrogen-bond acceptors (Lipinski definition) is 8. The number of nitrogens with zero attached hydrogens (tertiary/aromatic N) is 2. The third-order valence-electron chi connectivity index (χ3n) is 4.83. The molecule has 1 amide bonds. The Morgan fingerprint density at radius 2 is 2.07 bits per heavy atom. The van der Waals surface area contributed by atoms with Gasteiger partial charge in [-0.25, -0.2) is 14.4 Å². The number of carbonyl (C=O) groups excluding carboxylic acids is 1.